The standard InChI is InChI=1S/C12H12O3/c13-10-4-1-7-8-2-3-9(11(7)10)12(8)14-5-6-15-12/h1-4,7-9,11H,5-6H2/t7-,8-,9+,11+/m1/s1. The van der Waals surface area contributed by atoms with Gasteiger partial charge in [0.1, 0.15) is 0 Å². The molecule has 4 aliphatic rings. The minimum Gasteiger partial charge on any atom is -0.346 e. The van der Waals surface area contributed by atoms with Crippen molar-refractivity contribution in [2.45, 2.75) is 5.79 Å². The molecule has 3 heteroatoms. The van der Waals surface area contributed by atoms with Crippen LogP contribution in [0.2, 0.25) is 0 Å². The normalized spacial score (nSPS) is 48.4. The van der Waals surface area contributed by atoms with E-state index in [1.807, 2.05) is 6.08 Å². The molecule has 0 radical (unpaired) electrons. The van der Waals surface area contributed by atoms with Crippen LogP contribution in [0.5, 0.6) is 0 Å². The average Bonchev–Trinajstić information content (AvgIpc) is 2.96. The van der Waals surface area contributed by atoms with Crippen molar-refractivity contribution in [1.29, 1.82) is 0 Å². The molecule has 1 aliphatic heterocycles. The molecule has 1 saturated heterocycles. The van der Waals surface area contributed by atoms with Crippen molar-refractivity contribution in [3.63, 3.8) is 0 Å². The van der Waals surface area contributed by atoms with Gasteiger partial charge in [-0.05, 0) is 12.0 Å². The van der Waals surface area contributed by atoms with Crippen LogP contribution in [0, 0.1) is 23.7 Å². The quantitative estimate of drug-likeness (QED) is 0.550. The molecule has 3 aliphatic carbocycles. The fraction of sp³-hybridized carbons (Fsp3) is 0.583. The van der Waals surface area contributed by atoms with E-state index in [1.165, 1.54) is 0 Å². The van der Waals surface area contributed by atoms with E-state index >= 15 is 0 Å². The zero-order chi connectivity index (χ0) is 10.0. The summed E-state index contributed by atoms with van der Waals surface area (Å²) in [5.41, 5.74) is 0. The van der Waals surface area contributed by atoms with E-state index in [9.17, 15) is 4.79 Å². The lowest BCUT2D eigenvalue weighted by atomic mass is 9.85. The maximum Gasteiger partial charge on any atom is 0.182 e. The summed E-state index contributed by atoms with van der Waals surface area (Å²) in [4.78, 5) is 11.8. The molecule has 3 nitrogen and oxygen atoms in total. The SMILES string of the molecule is O=C1C=C[C@H]2[C@H]1[C@@H]1C=C[C@H]2C12OCCO2. The second-order valence-electron chi connectivity index (χ2n) is 4.72. The van der Waals surface area contributed by atoms with Gasteiger partial charge in [0.15, 0.2) is 11.6 Å². The minimum absolute atomic E-state index is 0.0816. The van der Waals surface area contributed by atoms with E-state index in [4.69, 9.17) is 9.47 Å². The van der Waals surface area contributed by atoms with Gasteiger partial charge in [0.05, 0.1) is 13.2 Å². The van der Waals surface area contributed by atoms with E-state index in [1.54, 1.807) is 6.08 Å². The Labute approximate surface area is 87.7 Å². The monoisotopic (exact) mass is 204 g/mol. The maximum atomic E-state index is 11.8. The van der Waals surface area contributed by atoms with Gasteiger partial charge in [-0.2, -0.15) is 0 Å². The first-order valence-corrected chi connectivity index (χ1v) is 5.51. The van der Waals surface area contributed by atoms with Crippen molar-refractivity contribution in [2.24, 2.45) is 23.7 Å². The summed E-state index contributed by atoms with van der Waals surface area (Å²) in [7, 11) is 0. The summed E-state index contributed by atoms with van der Waals surface area (Å²) in [6, 6.07) is 0. The number of rotatable bonds is 0. The van der Waals surface area contributed by atoms with Crippen LogP contribution in [-0.2, 0) is 14.3 Å². The number of fused-ring (bicyclic) bond motifs is 3. The highest BCUT2D eigenvalue weighted by atomic mass is 16.7. The molecule has 15 heavy (non-hydrogen) atoms. The van der Waals surface area contributed by atoms with Crippen LogP contribution in [0.1, 0.15) is 0 Å². The number of hydrogen-bond acceptors (Lipinski definition) is 3. The second kappa shape index (κ2) is 2.42. The predicted octanol–water partition coefficient (Wildman–Crippen LogP) is 0.917. The molecule has 78 valence electrons. The highest BCUT2D eigenvalue weighted by Crippen LogP contribution is 2.60. The van der Waals surface area contributed by atoms with Gasteiger partial charge >= 0.3 is 0 Å². The molecule has 2 bridgehead atoms. The zero-order valence-electron chi connectivity index (χ0n) is 8.26. The Morgan fingerprint density at radius 3 is 2.60 bits per heavy atom. The van der Waals surface area contributed by atoms with Crippen LogP contribution in [0.15, 0.2) is 24.3 Å². The third-order valence-electron chi connectivity index (χ3n) is 4.22. The van der Waals surface area contributed by atoms with E-state index in [-0.39, 0.29) is 23.5 Å². The average molecular weight is 204 g/mol. The van der Waals surface area contributed by atoms with Crippen LogP contribution < -0.4 is 0 Å². The lowest BCUT2D eigenvalue weighted by Crippen LogP contribution is -2.38. The molecule has 0 aromatic rings. The van der Waals surface area contributed by atoms with E-state index < -0.39 is 5.79 Å². The molecule has 4 rings (SSSR count). The number of carbonyl (C=O) groups is 1. The van der Waals surface area contributed by atoms with Crippen LogP contribution in [0.25, 0.3) is 0 Å². The maximum absolute atomic E-state index is 11.8. The predicted molar refractivity (Wildman–Crippen MR) is 51.9 cm³/mol. The van der Waals surface area contributed by atoms with Gasteiger partial charge in [0.2, 0.25) is 0 Å². The van der Waals surface area contributed by atoms with Gasteiger partial charge in [0, 0.05) is 17.8 Å². The highest BCUT2D eigenvalue weighted by Gasteiger charge is 2.66. The van der Waals surface area contributed by atoms with Gasteiger partial charge in [-0.15, -0.1) is 0 Å². The van der Waals surface area contributed by atoms with Gasteiger partial charge in [0.25, 0.3) is 0 Å². The molecule has 2 fully saturated rings. The Morgan fingerprint density at radius 2 is 1.87 bits per heavy atom. The Kier molecular flexibility index (Phi) is 1.33. The zero-order valence-corrected chi connectivity index (χ0v) is 8.26. The van der Waals surface area contributed by atoms with Crippen molar-refractivity contribution < 1.29 is 14.3 Å². The molecule has 4 atom stereocenters. The molecule has 0 unspecified atom stereocenters. The molecule has 0 aromatic carbocycles. The fourth-order valence-electron chi connectivity index (χ4n) is 3.71. The number of allylic oxidation sites excluding steroid dienone is 2. The number of carbonyl (C=O) groups excluding carboxylic acids is 1. The van der Waals surface area contributed by atoms with Crippen LogP contribution in [0.4, 0.5) is 0 Å². The van der Waals surface area contributed by atoms with Crippen molar-refractivity contribution in [1.82, 2.24) is 0 Å². The molecular weight excluding hydrogens is 192 g/mol. The smallest absolute Gasteiger partial charge is 0.182 e. The first-order valence-electron chi connectivity index (χ1n) is 5.51. The molecule has 1 saturated carbocycles. The molecule has 0 aromatic heterocycles. The number of ketones is 1. The summed E-state index contributed by atoms with van der Waals surface area (Å²) < 4.78 is 11.6. The minimum atomic E-state index is -0.490. The number of hydrogen-bond donors (Lipinski definition) is 0. The number of ether oxygens (including phenoxy) is 2. The van der Waals surface area contributed by atoms with Crippen molar-refractivity contribution in [2.75, 3.05) is 13.2 Å². The molecule has 1 spiro atoms. The summed E-state index contributed by atoms with van der Waals surface area (Å²) in [6.45, 7) is 1.32. The molecule has 0 amide bonds. The highest BCUT2D eigenvalue weighted by molar-refractivity contribution is 5.96. The van der Waals surface area contributed by atoms with Gasteiger partial charge in [-0.25, -0.2) is 0 Å². The first kappa shape index (κ1) is 8.25. The van der Waals surface area contributed by atoms with Gasteiger partial charge in [-0.1, -0.05) is 18.2 Å². The van der Waals surface area contributed by atoms with Crippen LogP contribution in [-0.4, -0.2) is 24.8 Å². The largest absolute Gasteiger partial charge is 0.346 e. The summed E-state index contributed by atoms with van der Waals surface area (Å²) in [5, 5.41) is 0. The van der Waals surface area contributed by atoms with E-state index in [0.717, 1.165) is 0 Å². The lowest BCUT2D eigenvalue weighted by Gasteiger charge is -2.28. The molecule has 1 heterocycles. The van der Waals surface area contributed by atoms with Crippen molar-refractivity contribution in [3.05, 3.63) is 24.3 Å². The summed E-state index contributed by atoms with van der Waals surface area (Å²) >= 11 is 0. The van der Waals surface area contributed by atoms with Gasteiger partial charge in [-0.3, -0.25) is 4.79 Å². The Bertz CT molecular complexity index is 390. The van der Waals surface area contributed by atoms with Crippen LogP contribution >= 0.6 is 0 Å². The Balaban J connectivity index is 1.83. The molecular formula is C12H12O3. The van der Waals surface area contributed by atoms with E-state index in [2.05, 4.69) is 12.2 Å². The topological polar surface area (TPSA) is 35.5 Å². The molecule has 0 N–H and O–H groups in total. The van der Waals surface area contributed by atoms with Crippen LogP contribution in [0.3, 0.4) is 0 Å². The first-order chi connectivity index (χ1) is 7.33. The fourth-order valence-corrected chi connectivity index (χ4v) is 3.71. The van der Waals surface area contributed by atoms with Crippen molar-refractivity contribution in [3.8, 4) is 0 Å². The Hall–Kier alpha value is -0.930. The van der Waals surface area contributed by atoms with Crippen molar-refractivity contribution >= 4 is 5.78 Å². The third kappa shape index (κ3) is 0.755. The summed E-state index contributed by atoms with van der Waals surface area (Å²) in [6.07, 6.45) is 8.04. The third-order valence-corrected chi connectivity index (χ3v) is 4.22. The van der Waals surface area contributed by atoms with E-state index in [0.29, 0.717) is 19.1 Å². The second-order valence-corrected chi connectivity index (χ2v) is 4.72. The lowest BCUT2D eigenvalue weighted by molar-refractivity contribution is -0.188. The summed E-state index contributed by atoms with van der Waals surface area (Å²) in [5.74, 6) is 0.532. The van der Waals surface area contributed by atoms with Gasteiger partial charge < -0.3 is 9.47 Å². The Morgan fingerprint density at radius 1 is 1.13 bits per heavy atom.